The summed E-state index contributed by atoms with van der Waals surface area (Å²) in [6, 6.07) is 9.71. The number of amides is 1. The van der Waals surface area contributed by atoms with Crippen molar-refractivity contribution in [1.82, 2.24) is 9.88 Å². The fourth-order valence-corrected chi connectivity index (χ4v) is 4.38. The van der Waals surface area contributed by atoms with Gasteiger partial charge in [-0.2, -0.15) is 0 Å². The Morgan fingerprint density at radius 3 is 2.73 bits per heavy atom. The average molecular weight is 352 g/mol. The van der Waals surface area contributed by atoms with Gasteiger partial charge in [-0.25, -0.2) is 0 Å². The minimum Gasteiger partial charge on any atom is -0.481 e. The van der Waals surface area contributed by atoms with Crippen molar-refractivity contribution in [2.24, 2.45) is 11.8 Å². The number of morpholine rings is 1. The van der Waals surface area contributed by atoms with E-state index in [1.165, 1.54) is 25.7 Å². The Balaban J connectivity index is 1.28. The van der Waals surface area contributed by atoms with Crippen molar-refractivity contribution in [3.05, 3.63) is 36.5 Å². The lowest BCUT2D eigenvalue weighted by Crippen LogP contribution is -2.57. The third-order valence-corrected chi connectivity index (χ3v) is 6.01. The van der Waals surface area contributed by atoms with Crippen molar-refractivity contribution in [2.75, 3.05) is 26.3 Å². The summed E-state index contributed by atoms with van der Waals surface area (Å²) in [5.74, 6) is 2.01. The van der Waals surface area contributed by atoms with Crippen molar-refractivity contribution in [2.45, 2.75) is 31.3 Å². The molecular weight excluding hydrogens is 328 g/mol. The number of aromatic nitrogens is 1. The summed E-state index contributed by atoms with van der Waals surface area (Å²) in [4.78, 5) is 19.2. The molecule has 0 N–H and O–H groups in total. The lowest BCUT2D eigenvalue weighted by Gasteiger charge is -2.43. The number of rotatable bonds is 5. The zero-order valence-electron chi connectivity index (χ0n) is 14.9. The third-order valence-electron chi connectivity index (χ3n) is 6.01. The van der Waals surface area contributed by atoms with Gasteiger partial charge in [0.15, 0.2) is 6.61 Å². The molecule has 5 nitrogen and oxygen atoms in total. The van der Waals surface area contributed by atoms with E-state index in [1.807, 2.05) is 35.2 Å². The Morgan fingerprint density at radius 2 is 1.96 bits per heavy atom. The first-order valence-electron chi connectivity index (χ1n) is 9.64. The second kappa shape index (κ2) is 6.23. The molecule has 2 saturated carbocycles. The van der Waals surface area contributed by atoms with Crippen LogP contribution >= 0.6 is 0 Å². The van der Waals surface area contributed by atoms with Gasteiger partial charge in [0.25, 0.3) is 5.91 Å². The van der Waals surface area contributed by atoms with Crippen LogP contribution in [0.1, 0.15) is 25.7 Å². The molecule has 136 valence electrons. The maximum absolute atomic E-state index is 12.8. The van der Waals surface area contributed by atoms with Crippen molar-refractivity contribution in [1.29, 1.82) is 0 Å². The van der Waals surface area contributed by atoms with E-state index in [-0.39, 0.29) is 18.1 Å². The predicted molar refractivity (Wildman–Crippen MR) is 97.9 cm³/mol. The molecule has 0 radical (unpaired) electrons. The third kappa shape index (κ3) is 2.84. The van der Waals surface area contributed by atoms with Gasteiger partial charge in [0.05, 0.1) is 18.8 Å². The molecule has 1 aromatic heterocycles. The van der Waals surface area contributed by atoms with Crippen molar-refractivity contribution < 1.29 is 14.3 Å². The fraction of sp³-hybridized carbons (Fsp3) is 0.524. The molecular formula is C21H24N2O3. The van der Waals surface area contributed by atoms with Gasteiger partial charge in [0.2, 0.25) is 0 Å². The number of para-hydroxylation sites is 1. The molecule has 26 heavy (non-hydrogen) atoms. The van der Waals surface area contributed by atoms with E-state index in [2.05, 4.69) is 4.98 Å². The van der Waals surface area contributed by atoms with Crippen LogP contribution in [0, 0.1) is 11.8 Å². The molecule has 5 rings (SSSR count). The van der Waals surface area contributed by atoms with Crippen LogP contribution < -0.4 is 4.74 Å². The van der Waals surface area contributed by atoms with Gasteiger partial charge in [0, 0.05) is 18.1 Å². The first-order valence-corrected chi connectivity index (χ1v) is 9.64. The van der Waals surface area contributed by atoms with Crippen LogP contribution in [0.25, 0.3) is 10.9 Å². The molecule has 1 aliphatic heterocycles. The normalized spacial score (nSPS) is 22.4. The highest BCUT2D eigenvalue weighted by Gasteiger charge is 2.57. The topological polar surface area (TPSA) is 51.7 Å². The molecule has 0 spiro atoms. The van der Waals surface area contributed by atoms with Gasteiger partial charge < -0.3 is 14.4 Å². The minimum atomic E-state index is -0.0745. The zero-order chi connectivity index (χ0) is 17.6. The lowest BCUT2D eigenvalue weighted by molar-refractivity contribution is -0.161. The Kier molecular flexibility index (Phi) is 3.85. The number of hydrogen-bond acceptors (Lipinski definition) is 4. The molecule has 1 saturated heterocycles. The van der Waals surface area contributed by atoms with E-state index in [0.717, 1.165) is 17.4 Å². The summed E-state index contributed by atoms with van der Waals surface area (Å²) in [7, 11) is 0. The number of nitrogens with zero attached hydrogens (tertiary/aromatic N) is 2. The van der Waals surface area contributed by atoms with E-state index >= 15 is 0 Å². The summed E-state index contributed by atoms with van der Waals surface area (Å²) < 4.78 is 12.1. The van der Waals surface area contributed by atoms with Crippen LogP contribution in [0.4, 0.5) is 0 Å². The van der Waals surface area contributed by atoms with Gasteiger partial charge in [-0.1, -0.05) is 18.2 Å². The molecule has 0 atom stereocenters. The Bertz CT molecular complexity index is 812. The highest BCUT2D eigenvalue weighted by atomic mass is 16.5. The molecule has 5 heteroatoms. The van der Waals surface area contributed by atoms with E-state index < -0.39 is 0 Å². The minimum absolute atomic E-state index is 0.0481. The number of hydrogen-bond donors (Lipinski definition) is 0. The summed E-state index contributed by atoms with van der Waals surface area (Å²) >= 11 is 0. The largest absolute Gasteiger partial charge is 0.481 e. The first-order chi connectivity index (χ1) is 12.8. The van der Waals surface area contributed by atoms with Gasteiger partial charge in [-0.3, -0.25) is 9.78 Å². The number of ether oxygens (including phenoxy) is 2. The van der Waals surface area contributed by atoms with Crippen LogP contribution in [0.2, 0.25) is 0 Å². The lowest BCUT2D eigenvalue weighted by atomic mass is 9.89. The van der Waals surface area contributed by atoms with Crippen molar-refractivity contribution >= 4 is 16.8 Å². The van der Waals surface area contributed by atoms with Gasteiger partial charge in [0.1, 0.15) is 11.3 Å². The summed E-state index contributed by atoms with van der Waals surface area (Å²) in [6.45, 7) is 2.10. The van der Waals surface area contributed by atoms with Crippen LogP contribution in [0.15, 0.2) is 36.5 Å². The van der Waals surface area contributed by atoms with Crippen LogP contribution in [0.3, 0.4) is 0 Å². The Labute approximate surface area is 153 Å². The van der Waals surface area contributed by atoms with E-state index in [9.17, 15) is 4.79 Å². The summed E-state index contributed by atoms with van der Waals surface area (Å²) in [5, 5.41) is 1.02. The Hall–Kier alpha value is -2.14. The standard InChI is InChI=1S/C21H24N2O3/c24-19(13-25-18-5-1-3-15-4-2-10-22-20(15)18)23-11-12-26-21(14-23,16-6-7-16)17-8-9-17/h1-5,10,16-17H,6-9,11-14H2. The predicted octanol–water partition coefficient (Wildman–Crippen LogP) is 3.03. The number of benzene rings is 1. The fourth-order valence-electron chi connectivity index (χ4n) is 4.38. The molecule has 3 aliphatic rings. The smallest absolute Gasteiger partial charge is 0.260 e. The molecule has 0 unspecified atom stereocenters. The van der Waals surface area contributed by atoms with Crippen LogP contribution in [-0.2, 0) is 9.53 Å². The van der Waals surface area contributed by atoms with E-state index in [1.54, 1.807) is 6.20 Å². The maximum atomic E-state index is 12.8. The highest BCUT2D eigenvalue weighted by Crippen LogP contribution is 2.55. The number of carbonyl (C=O) groups is 1. The second-order valence-electron chi connectivity index (χ2n) is 7.79. The molecule has 0 bridgehead atoms. The maximum Gasteiger partial charge on any atom is 0.260 e. The zero-order valence-corrected chi connectivity index (χ0v) is 14.9. The highest BCUT2D eigenvalue weighted by molar-refractivity contribution is 5.85. The average Bonchev–Trinajstić information content (AvgIpc) is 3.58. The SMILES string of the molecule is O=C(COc1cccc2cccnc12)N1CCOC(C2CC2)(C2CC2)C1. The Morgan fingerprint density at radius 1 is 1.19 bits per heavy atom. The molecule has 2 heterocycles. The number of carbonyl (C=O) groups excluding carboxylic acids is 1. The van der Waals surface area contributed by atoms with Crippen molar-refractivity contribution in [3.8, 4) is 5.75 Å². The summed E-state index contributed by atoms with van der Waals surface area (Å²) in [6.07, 6.45) is 6.74. The van der Waals surface area contributed by atoms with E-state index in [4.69, 9.17) is 9.47 Å². The van der Waals surface area contributed by atoms with Crippen molar-refractivity contribution in [3.63, 3.8) is 0 Å². The van der Waals surface area contributed by atoms with Gasteiger partial charge in [-0.05, 0) is 49.7 Å². The summed E-state index contributed by atoms with van der Waals surface area (Å²) in [5.41, 5.74) is 0.727. The van der Waals surface area contributed by atoms with Crippen LogP contribution in [0.5, 0.6) is 5.75 Å². The first kappa shape index (κ1) is 16.1. The monoisotopic (exact) mass is 352 g/mol. The number of fused-ring (bicyclic) bond motifs is 1. The molecule has 2 aromatic rings. The second-order valence-corrected chi connectivity index (χ2v) is 7.79. The molecule has 1 aromatic carbocycles. The van der Waals surface area contributed by atoms with Gasteiger partial charge in [-0.15, -0.1) is 0 Å². The molecule has 2 aliphatic carbocycles. The van der Waals surface area contributed by atoms with E-state index in [0.29, 0.717) is 30.7 Å². The number of pyridine rings is 1. The molecule has 1 amide bonds. The molecule has 3 fully saturated rings. The van der Waals surface area contributed by atoms with Gasteiger partial charge >= 0.3 is 0 Å². The quantitative estimate of drug-likeness (QED) is 0.830. The van der Waals surface area contributed by atoms with Crippen LogP contribution in [-0.4, -0.2) is 47.7 Å².